The lowest BCUT2D eigenvalue weighted by Crippen LogP contribution is -2.34. The van der Waals surface area contributed by atoms with Gasteiger partial charge in [-0.15, -0.1) is 4.98 Å². The van der Waals surface area contributed by atoms with Gasteiger partial charge in [0.2, 0.25) is 5.95 Å². The summed E-state index contributed by atoms with van der Waals surface area (Å²) in [5.74, 6) is 0.211. The van der Waals surface area contributed by atoms with E-state index >= 15 is 0 Å². The van der Waals surface area contributed by atoms with Gasteiger partial charge in [0.05, 0.1) is 25.7 Å². The summed E-state index contributed by atoms with van der Waals surface area (Å²) in [5.41, 5.74) is 0. The molecule has 0 unspecified atom stereocenters. The summed E-state index contributed by atoms with van der Waals surface area (Å²) in [4.78, 5) is 23.2. The van der Waals surface area contributed by atoms with Crippen LogP contribution in [0.25, 0.3) is 0 Å². The van der Waals surface area contributed by atoms with Gasteiger partial charge in [-0.25, -0.2) is 17.9 Å². The van der Waals surface area contributed by atoms with Gasteiger partial charge in [0, 0.05) is 7.11 Å². The first-order chi connectivity index (χ1) is 13.4. The summed E-state index contributed by atoms with van der Waals surface area (Å²) in [7, 11) is 0.0342. The number of rotatable bonds is 9. The molecule has 0 aliphatic carbocycles. The number of carbonyl (C=O) groups is 1. The topological polar surface area (TPSA) is 151 Å². The van der Waals surface area contributed by atoms with Crippen LogP contribution in [0.3, 0.4) is 0 Å². The molecule has 0 saturated carbocycles. The van der Waals surface area contributed by atoms with Gasteiger partial charge in [-0.2, -0.15) is 9.97 Å². The summed E-state index contributed by atoms with van der Waals surface area (Å²) in [6, 6.07) is 4.21. The number of amides is 2. The number of benzene rings is 1. The zero-order chi connectivity index (χ0) is 20.6. The minimum Gasteiger partial charge on any atom is -0.491 e. The standard InChI is InChI=1S/C15H19N5O7S/c1-24-8-9-27-10-4-6-11(7-5-10)28(22,23)20-13(21)16-12-17-14(25-2)19-15(18-12)26-3/h4-7H,8-9H2,1-3H3,(H2,16,17,18,19,20,21). The summed E-state index contributed by atoms with van der Waals surface area (Å²) in [6.45, 7) is 0.719. The highest BCUT2D eigenvalue weighted by Gasteiger charge is 2.19. The monoisotopic (exact) mass is 413 g/mol. The number of aromatic nitrogens is 3. The summed E-state index contributed by atoms with van der Waals surface area (Å²) in [5, 5.41) is 2.17. The molecule has 0 aliphatic rings. The highest BCUT2D eigenvalue weighted by molar-refractivity contribution is 7.90. The fourth-order valence-electron chi connectivity index (χ4n) is 1.84. The van der Waals surface area contributed by atoms with E-state index in [0.29, 0.717) is 19.0 Å². The Balaban J connectivity index is 2.04. The van der Waals surface area contributed by atoms with Crippen LogP contribution in [0.4, 0.5) is 10.7 Å². The van der Waals surface area contributed by atoms with Gasteiger partial charge in [-0.3, -0.25) is 5.32 Å². The van der Waals surface area contributed by atoms with Gasteiger partial charge in [0.1, 0.15) is 12.4 Å². The smallest absolute Gasteiger partial charge is 0.335 e. The second-order valence-corrected chi connectivity index (χ2v) is 6.69. The van der Waals surface area contributed by atoms with Gasteiger partial charge in [-0.05, 0) is 24.3 Å². The van der Waals surface area contributed by atoms with Crippen LogP contribution in [0, 0.1) is 0 Å². The molecule has 2 amide bonds. The van der Waals surface area contributed by atoms with Crippen LogP contribution in [-0.2, 0) is 14.8 Å². The normalized spacial score (nSPS) is 10.8. The maximum absolute atomic E-state index is 12.3. The molecule has 1 aromatic carbocycles. The second-order valence-electron chi connectivity index (χ2n) is 5.00. The molecule has 2 rings (SSSR count). The van der Waals surface area contributed by atoms with Crippen molar-refractivity contribution in [3.8, 4) is 17.8 Å². The average molecular weight is 413 g/mol. The molecule has 152 valence electrons. The lowest BCUT2D eigenvalue weighted by molar-refractivity contribution is 0.146. The summed E-state index contributed by atoms with van der Waals surface area (Å²) < 4.78 is 46.4. The van der Waals surface area contributed by atoms with E-state index in [-0.39, 0.29) is 22.9 Å². The highest BCUT2D eigenvalue weighted by atomic mass is 32.2. The molecule has 1 heterocycles. The van der Waals surface area contributed by atoms with E-state index in [2.05, 4.69) is 20.3 Å². The Morgan fingerprint density at radius 2 is 1.57 bits per heavy atom. The Morgan fingerprint density at radius 1 is 0.964 bits per heavy atom. The SMILES string of the molecule is COCCOc1ccc(S(=O)(=O)NC(=O)Nc2nc(OC)nc(OC)n2)cc1. The number of nitrogens with one attached hydrogen (secondary N) is 2. The van der Waals surface area contributed by atoms with Crippen molar-refractivity contribution in [1.82, 2.24) is 19.7 Å². The Morgan fingerprint density at radius 3 is 2.11 bits per heavy atom. The number of hydrogen-bond acceptors (Lipinski definition) is 10. The Bertz CT molecular complexity index is 883. The third kappa shape index (κ3) is 5.92. The van der Waals surface area contributed by atoms with Crippen molar-refractivity contribution < 1.29 is 32.2 Å². The molecule has 13 heteroatoms. The number of urea groups is 1. The van der Waals surface area contributed by atoms with Gasteiger partial charge < -0.3 is 18.9 Å². The predicted octanol–water partition coefficient (Wildman–Crippen LogP) is 0.424. The van der Waals surface area contributed by atoms with Gasteiger partial charge in [0.15, 0.2) is 0 Å². The molecule has 2 N–H and O–H groups in total. The van der Waals surface area contributed by atoms with Crippen LogP contribution >= 0.6 is 0 Å². The molecule has 1 aromatic heterocycles. The van der Waals surface area contributed by atoms with E-state index in [4.69, 9.17) is 18.9 Å². The van der Waals surface area contributed by atoms with Gasteiger partial charge in [0.25, 0.3) is 10.0 Å². The molecule has 0 radical (unpaired) electrons. The number of carbonyl (C=O) groups excluding carboxylic acids is 1. The van der Waals surface area contributed by atoms with E-state index in [9.17, 15) is 13.2 Å². The fourth-order valence-corrected chi connectivity index (χ4v) is 2.75. The summed E-state index contributed by atoms with van der Waals surface area (Å²) >= 11 is 0. The predicted molar refractivity (Wildman–Crippen MR) is 96.1 cm³/mol. The minimum atomic E-state index is -4.13. The molecular weight excluding hydrogens is 394 g/mol. The Kier molecular flexibility index (Phi) is 7.28. The quantitative estimate of drug-likeness (QED) is 0.554. The molecule has 0 bridgehead atoms. The molecule has 12 nitrogen and oxygen atoms in total. The van der Waals surface area contributed by atoms with Gasteiger partial charge in [-0.1, -0.05) is 0 Å². The lowest BCUT2D eigenvalue weighted by Gasteiger charge is -2.10. The van der Waals surface area contributed by atoms with E-state index in [1.165, 1.54) is 38.5 Å². The first kappa shape index (κ1) is 21.1. The zero-order valence-corrected chi connectivity index (χ0v) is 16.1. The van der Waals surface area contributed by atoms with Crippen molar-refractivity contribution in [2.45, 2.75) is 4.90 Å². The number of hydrogen-bond donors (Lipinski definition) is 2. The maximum Gasteiger partial charge on any atom is 0.335 e. The average Bonchev–Trinajstić information content (AvgIpc) is 2.67. The van der Waals surface area contributed by atoms with Crippen LogP contribution in [0.15, 0.2) is 29.2 Å². The molecule has 0 fully saturated rings. The molecule has 28 heavy (non-hydrogen) atoms. The number of anilines is 1. The fraction of sp³-hybridized carbons (Fsp3) is 0.333. The lowest BCUT2D eigenvalue weighted by atomic mass is 10.3. The number of ether oxygens (including phenoxy) is 4. The second kappa shape index (κ2) is 9.66. The zero-order valence-electron chi connectivity index (χ0n) is 15.3. The van der Waals surface area contributed by atoms with E-state index in [1.54, 1.807) is 7.11 Å². The van der Waals surface area contributed by atoms with Crippen LogP contribution in [0.1, 0.15) is 0 Å². The number of nitrogens with zero attached hydrogens (tertiary/aromatic N) is 3. The summed E-state index contributed by atoms with van der Waals surface area (Å²) in [6.07, 6.45) is 0. The van der Waals surface area contributed by atoms with Crippen LogP contribution in [0.5, 0.6) is 17.8 Å². The molecule has 2 aromatic rings. The third-order valence-corrected chi connectivity index (χ3v) is 4.45. The molecule has 0 aliphatic heterocycles. The van der Waals surface area contributed by atoms with Crippen molar-refractivity contribution in [1.29, 1.82) is 0 Å². The van der Waals surface area contributed by atoms with Crippen molar-refractivity contribution in [2.24, 2.45) is 0 Å². The Labute approximate surface area is 161 Å². The van der Waals surface area contributed by atoms with Crippen LogP contribution in [0.2, 0.25) is 0 Å². The van der Waals surface area contributed by atoms with Crippen molar-refractivity contribution in [3.63, 3.8) is 0 Å². The van der Waals surface area contributed by atoms with E-state index in [0.717, 1.165) is 0 Å². The maximum atomic E-state index is 12.3. The number of sulfonamides is 1. The van der Waals surface area contributed by atoms with Crippen molar-refractivity contribution >= 4 is 22.0 Å². The van der Waals surface area contributed by atoms with Gasteiger partial charge >= 0.3 is 18.1 Å². The van der Waals surface area contributed by atoms with Crippen molar-refractivity contribution in [3.05, 3.63) is 24.3 Å². The molecule has 0 saturated heterocycles. The third-order valence-electron chi connectivity index (χ3n) is 3.10. The molecule has 0 spiro atoms. The first-order valence-corrected chi connectivity index (χ1v) is 9.26. The molecule has 0 atom stereocenters. The Hall–Kier alpha value is -3.19. The van der Waals surface area contributed by atoms with Crippen molar-refractivity contribution in [2.75, 3.05) is 39.9 Å². The number of methoxy groups -OCH3 is 3. The van der Waals surface area contributed by atoms with E-state index < -0.39 is 16.1 Å². The highest BCUT2D eigenvalue weighted by Crippen LogP contribution is 2.16. The van der Waals surface area contributed by atoms with Crippen LogP contribution < -0.4 is 24.2 Å². The largest absolute Gasteiger partial charge is 0.491 e. The minimum absolute atomic E-state index is 0.117. The molecular formula is C15H19N5O7S. The van der Waals surface area contributed by atoms with Crippen LogP contribution in [-0.4, -0.2) is 63.9 Å². The first-order valence-electron chi connectivity index (χ1n) is 7.77. The van der Waals surface area contributed by atoms with E-state index in [1.807, 2.05) is 4.72 Å².